The van der Waals surface area contributed by atoms with E-state index in [9.17, 15) is 4.79 Å². The Hall–Kier alpha value is -0.570. The predicted octanol–water partition coefficient (Wildman–Crippen LogP) is 1.34. The maximum absolute atomic E-state index is 11.5. The van der Waals surface area contributed by atoms with Gasteiger partial charge in [0.15, 0.2) is 0 Å². The van der Waals surface area contributed by atoms with Gasteiger partial charge in [-0.15, -0.1) is 0 Å². The molecule has 1 saturated carbocycles. The Labute approximate surface area is 85.8 Å². The lowest BCUT2D eigenvalue weighted by Gasteiger charge is -2.33. The van der Waals surface area contributed by atoms with Crippen molar-refractivity contribution in [3.63, 3.8) is 0 Å². The summed E-state index contributed by atoms with van der Waals surface area (Å²) in [5, 5.41) is 3.12. The van der Waals surface area contributed by atoms with E-state index in [1.807, 2.05) is 4.90 Å². The molecule has 3 heteroatoms. The molecule has 0 spiro atoms. The first-order chi connectivity index (χ1) is 6.81. The number of hydrogen-bond donors (Lipinski definition) is 1. The smallest absolute Gasteiger partial charge is 0.237 e. The van der Waals surface area contributed by atoms with Crippen molar-refractivity contribution < 1.29 is 4.79 Å². The Morgan fingerprint density at radius 2 is 2.07 bits per heavy atom. The fourth-order valence-corrected chi connectivity index (χ4v) is 2.67. The Bertz CT molecular complexity index is 209. The van der Waals surface area contributed by atoms with Gasteiger partial charge < -0.3 is 4.90 Å². The van der Waals surface area contributed by atoms with Crippen LogP contribution < -0.4 is 5.32 Å². The summed E-state index contributed by atoms with van der Waals surface area (Å²) in [6.07, 6.45) is 6.35. The number of amides is 1. The first-order valence-electron chi connectivity index (χ1n) is 5.81. The summed E-state index contributed by atoms with van der Waals surface area (Å²) in [4.78, 5) is 13.5. The highest BCUT2D eigenvalue weighted by molar-refractivity contribution is 5.80. The van der Waals surface area contributed by atoms with Crippen LogP contribution in [-0.4, -0.2) is 30.1 Å². The second-order valence-corrected chi connectivity index (χ2v) is 4.53. The molecule has 1 amide bonds. The summed E-state index contributed by atoms with van der Waals surface area (Å²) < 4.78 is 0. The van der Waals surface area contributed by atoms with E-state index in [-0.39, 0.29) is 0 Å². The maximum Gasteiger partial charge on any atom is 0.237 e. The van der Waals surface area contributed by atoms with Gasteiger partial charge in [-0.3, -0.25) is 10.1 Å². The number of carbonyl (C=O) groups is 1. The van der Waals surface area contributed by atoms with E-state index < -0.39 is 0 Å². The lowest BCUT2D eigenvalue weighted by molar-refractivity contribution is -0.129. The van der Waals surface area contributed by atoms with Gasteiger partial charge in [-0.05, 0) is 31.6 Å². The molecule has 0 aromatic carbocycles. The van der Waals surface area contributed by atoms with E-state index in [0.29, 0.717) is 18.5 Å². The van der Waals surface area contributed by atoms with Gasteiger partial charge in [0, 0.05) is 6.04 Å². The van der Waals surface area contributed by atoms with E-state index >= 15 is 0 Å². The first-order valence-corrected chi connectivity index (χ1v) is 5.81. The molecular weight excluding hydrogens is 176 g/mol. The molecule has 0 aromatic rings. The molecule has 2 rings (SSSR count). The van der Waals surface area contributed by atoms with Crippen molar-refractivity contribution in [2.24, 2.45) is 5.92 Å². The lowest BCUT2D eigenvalue weighted by Crippen LogP contribution is -2.39. The zero-order valence-electron chi connectivity index (χ0n) is 8.96. The third-order valence-corrected chi connectivity index (χ3v) is 3.71. The van der Waals surface area contributed by atoms with Gasteiger partial charge >= 0.3 is 0 Å². The van der Waals surface area contributed by atoms with Crippen molar-refractivity contribution in [2.45, 2.75) is 45.1 Å². The van der Waals surface area contributed by atoms with Gasteiger partial charge in [0.2, 0.25) is 5.91 Å². The number of hydrogen-bond acceptors (Lipinski definition) is 2. The molecule has 0 atom stereocenters. The Morgan fingerprint density at radius 1 is 1.36 bits per heavy atom. The molecule has 1 saturated heterocycles. The molecule has 1 heterocycles. The van der Waals surface area contributed by atoms with Gasteiger partial charge in [-0.1, -0.05) is 13.3 Å². The molecule has 2 aliphatic rings. The zero-order chi connectivity index (χ0) is 9.97. The quantitative estimate of drug-likeness (QED) is 0.723. The van der Waals surface area contributed by atoms with Crippen LogP contribution in [0, 0.1) is 5.92 Å². The summed E-state index contributed by atoms with van der Waals surface area (Å²) in [5.74, 6) is 1.21. The van der Waals surface area contributed by atoms with Crippen molar-refractivity contribution in [3.05, 3.63) is 0 Å². The van der Waals surface area contributed by atoms with Crippen LogP contribution in [0.2, 0.25) is 0 Å². The molecule has 1 N–H and O–H groups in total. The average Bonchev–Trinajstić information content (AvgIpc) is 2.65. The monoisotopic (exact) mass is 196 g/mol. The van der Waals surface area contributed by atoms with E-state index in [0.717, 1.165) is 12.6 Å². The van der Waals surface area contributed by atoms with Gasteiger partial charge in [0.25, 0.3) is 0 Å². The SMILES string of the molecule is CCC1CCC(N2CNCC2=O)CC1. The number of carbonyl (C=O) groups excluding carboxylic acids is 1. The van der Waals surface area contributed by atoms with Crippen LogP contribution in [0.3, 0.4) is 0 Å². The van der Waals surface area contributed by atoms with Crippen LogP contribution in [-0.2, 0) is 4.79 Å². The Morgan fingerprint density at radius 3 is 2.57 bits per heavy atom. The van der Waals surface area contributed by atoms with Gasteiger partial charge in [0.05, 0.1) is 13.2 Å². The van der Waals surface area contributed by atoms with Crippen molar-refractivity contribution in [1.82, 2.24) is 10.2 Å². The minimum atomic E-state index is 0.296. The highest BCUT2D eigenvalue weighted by atomic mass is 16.2. The molecular formula is C11H20N2O. The first kappa shape index (κ1) is 9.97. The summed E-state index contributed by atoms with van der Waals surface area (Å²) in [6, 6.07) is 0.528. The fraction of sp³-hybridized carbons (Fsp3) is 0.909. The van der Waals surface area contributed by atoms with Crippen molar-refractivity contribution in [3.8, 4) is 0 Å². The predicted molar refractivity (Wildman–Crippen MR) is 55.8 cm³/mol. The van der Waals surface area contributed by atoms with Crippen LogP contribution in [0.5, 0.6) is 0 Å². The second kappa shape index (κ2) is 4.30. The van der Waals surface area contributed by atoms with Gasteiger partial charge in [-0.2, -0.15) is 0 Å². The molecule has 80 valence electrons. The van der Waals surface area contributed by atoms with E-state index in [1.165, 1.54) is 32.1 Å². The minimum absolute atomic E-state index is 0.296. The molecule has 3 nitrogen and oxygen atoms in total. The minimum Gasteiger partial charge on any atom is -0.326 e. The summed E-state index contributed by atoms with van der Waals surface area (Å²) in [5.41, 5.74) is 0. The molecule has 0 radical (unpaired) electrons. The largest absolute Gasteiger partial charge is 0.326 e. The van der Waals surface area contributed by atoms with Crippen molar-refractivity contribution >= 4 is 5.91 Å². The number of nitrogens with one attached hydrogen (secondary N) is 1. The highest BCUT2D eigenvalue weighted by Crippen LogP contribution is 2.29. The topological polar surface area (TPSA) is 32.3 Å². The van der Waals surface area contributed by atoms with E-state index in [4.69, 9.17) is 0 Å². The summed E-state index contributed by atoms with van der Waals surface area (Å²) >= 11 is 0. The molecule has 14 heavy (non-hydrogen) atoms. The molecule has 0 bridgehead atoms. The Balaban J connectivity index is 1.85. The summed E-state index contributed by atoms with van der Waals surface area (Å²) in [7, 11) is 0. The van der Waals surface area contributed by atoms with Crippen LogP contribution >= 0.6 is 0 Å². The lowest BCUT2D eigenvalue weighted by atomic mass is 9.84. The molecule has 2 fully saturated rings. The third-order valence-electron chi connectivity index (χ3n) is 3.71. The highest BCUT2D eigenvalue weighted by Gasteiger charge is 2.30. The molecule has 0 unspecified atom stereocenters. The van der Waals surface area contributed by atoms with Crippen molar-refractivity contribution in [2.75, 3.05) is 13.2 Å². The zero-order valence-corrected chi connectivity index (χ0v) is 8.96. The maximum atomic E-state index is 11.5. The fourth-order valence-electron chi connectivity index (χ4n) is 2.67. The number of rotatable bonds is 2. The van der Waals surface area contributed by atoms with Crippen LogP contribution in [0.1, 0.15) is 39.0 Å². The molecule has 1 aliphatic heterocycles. The third kappa shape index (κ3) is 1.92. The average molecular weight is 196 g/mol. The summed E-state index contributed by atoms with van der Waals surface area (Å²) in [6.45, 7) is 3.60. The van der Waals surface area contributed by atoms with E-state index in [1.54, 1.807) is 0 Å². The van der Waals surface area contributed by atoms with E-state index in [2.05, 4.69) is 12.2 Å². The second-order valence-electron chi connectivity index (χ2n) is 4.53. The number of nitrogens with zero attached hydrogens (tertiary/aromatic N) is 1. The van der Waals surface area contributed by atoms with Crippen LogP contribution in [0.15, 0.2) is 0 Å². The van der Waals surface area contributed by atoms with Crippen molar-refractivity contribution in [1.29, 1.82) is 0 Å². The standard InChI is InChI=1S/C11H20N2O/c1-2-9-3-5-10(6-4-9)13-8-12-7-11(13)14/h9-10,12H,2-8H2,1H3. The molecule has 1 aliphatic carbocycles. The van der Waals surface area contributed by atoms with Gasteiger partial charge in [-0.25, -0.2) is 0 Å². The normalized spacial score (nSPS) is 33.8. The Kier molecular flexibility index (Phi) is 3.06. The van der Waals surface area contributed by atoms with Crippen LogP contribution in [0.4, 0.5) is 0 Å². The van der Waals surface area contributed by atoms with Crippen LogP contribution in [0.25, 0.3) is 0 Å². The molecule has 0 aromatic heterocycles. The van der Waals surface area contributed by atoms with Gasteiger partial charge in [0.1, 0.15) is 0 Å².